The van der Waals surface area contributed by atoms with E-state index in [9.17, 15) is 15.0 Å². The number of hydrogen-bond donors (Lipinski definition) is 2. The lowest BCUT2D eigenvalue weighted by Gasteiger charge is -2.67. The first kappa shape index (κ1) is 22.6. The van der Waals surface area contributed by atoms with Gasteiger partial charge in [0.1, 0.15) is 5.60 Å². The summed E-state index contributed by atoms with van der Waals surface area (Å²) >= 11 is 5.03. The number of aliphatic hydroxyl groups is 1. The van der Waals surface area contributed by atoms with Crippen molar-refractivity contribution in [2.75, 3.05) is 20.6 Å². The number of carbonyl (C=O) groups is 1. The van der Waals surface area contributed by atoms with Gasteiger partial charge in [0.15, 0.2) is 11.5 Å². The molecule has 8 heteroatoms. The van der Waals surface area contributed by atoms with Crippen LogP contribution in [0.4, 0.5) is 0 Å². The number of benzene rings is 1. The van der Waals surface area contributed by atoms with Gasteiger partial charge in [0.2, 0.25) is 5.91 Å². The van der Waals surface area contributed by atoms with Crippen LogP contribution in [0, 0.1) is 0 Å². The van der Waals surface area contributed by atoms with Crippen LogP contribution in [-0.4, -0.2) is 69.8 Å². The van der Waals surface area contributed by atoms with Gasteiger partial charge in [0.25, 0.3) is 0 Å². The van der Waals surface area contributed by atoms with Gasteiger partial charge >= 0.3 is 0 Å². The molecule has 34 heavy (non-hydrogen) atoms. The molecule has 1 spiro atoms. The summed E-state index contributed by atoms with van der Waals surface area (Å²) in [5, 5.41) is 25.2. The van der Waals surface area contributed by atoms with Crippen molar-refractivity contribution in [3.63, 3.8) is 0 Å². The number of piperidine rings is 1. The molecule has 1 aromatic heterocycles. The van der Waals surface area contributed by atoms with Gasteiger partial charge in [0.05, 0.1) is 17.1 Å². The molecular formula is C26H29BrN2O4S. The van der Waals surface area contributed by atoms with Crippen molar-refractivity contribution in [1.82, 2.24) is 9.80 Å². The predicted octanol–water partition coefficient (Wildman–Crippen LogP) is 3.93. The zero-order chi connectivity index (χ0) is 24.0. The number of amides is 1. The molecule has 0 unspecified atom stereocenters. The Bertz CT molecular complexity index is 1230. The molecule has 3 heterocycles. The highest BCUT2D eigenvalue weighted by Crippen LogP contribution is 2.69. The number of rotatable bonds is 3. The molecule has 0 radical (unpaired) electrons. The van der Waals surface area contributed by atoms with Gasteiger partial charge in [-0.25, -0.2) is 0 Å². The molecule has 2 bridgehead atoms. The van der Waals surface area contributed by atoms with E-state index in [4.69, 9.17) is 4.74 Å². The van der Waals surface area contributed by atoms with Crippen molar-refractivity contribution in [2.45, 2.75) is 61.3 Å². The maximum atomic E-state index is 13.3. The second kappa shape index (κ2) is 7.32. The third kappa shape index (κ3) is 2.66. The number of thiophene rings is 1. The first-order chi connectivity index (χ1) is 16.1. The number of hydrogen-bond acceptors (Lipinski definition) is 6. The van der Waals surface area contributed by atoms with Crippen molar-refractivity contribution < 1.29 is 19.7 Å². The minimum atomic E-state index is -0.986. The van der Waals surface area contributed by atoms with Crippen LogP contribution in [0.3, 0.4) is 0 Å². The van der Waals surface area contributed by atoms with Crippen LogP contribution in [0.15, 0.2) is 34.1 Å². The highest BCUT2D eigenvalue weighted by Gasteiger charge is 2.77. The van der Waals surface area contributed by atoms with E-state index in [-0.39, 0.29) is 23.7 Å². The summed E-state index contributed by atoms with van der Waals surface area (Å²) in [5.74, 6) is 0.509. The highest BCUT2D eigenvalue weighted by molar-refractivity contribution is 9.10. The van der Waals surface area contributed by atoms with Gasteiger partial charge in [-0.15, -0.1) is 11.3 Å². The van der Waals surface area contributed by atoms with Crippen LogP contribution in [0.25, 0.3) is 6.08 Å². The van der Waals surface area contributed by atoms with Gasteiger partial charge < -0.3 is 24.7 Å². The second-order valence-corrected chi connectivity index (χ2v) is 12.3. The van der Waals surface area contributed by atoms with Crippen molar-refractivity contribution in [3.05, 3.63) is 50.1 Å². The molecule has 2 aliphatic heterocycles. The fourth-order valence-electron chi connectivity index (χ4n) is 7.59. The molecule has 2 N–H and O–H groups in total. The van der Waals surface area contributed by atoms with Crippen molar-refractivity contribution in [1.29, 1.82) is 0 Å². The van der Waals surface area contributed by atoms with Crippen LogP contribution < -0.4 is 4.74 Å². The molecule has 6 rings (SSSR count). The first-order valence-electron chi connectivity index (χ1n) is 11.8. The number of phenols is 1. The van der Waals surface area contributed by atoms with Gasteiger partial charge in [-0.2, -0.15) is 0 Å². The maximum Gasteiger partial charge on any atom is 0.246 e. The largest absolute Gasteiger partial charge is 0.504 e. The summed E-state index contributed by atoms with van der Waals surface area (Å²) in [6, 6.07) is 5.40. The summed E-state index contributed by atoms with van der Waals surface area (Å²) in [6.45, 7) is 2.88. The molecule has 1 saturated heterocycles. The van der Waals surface area contributed by atoms with E-state index in [1.807, 2.05) is 37.6 Å². The molecular weight excluding hydrogens is 516 g/mol. The lowest BCUT2D eigenvalue weighted by atomic mass is 9.44. The standard InChI is InChI=1S/C26H29BrN2O4S/c1-24-19(29(3)21(31)7-5-17-13-16(27)14-34-17)8-9-26(32)20-12-15-4-6-18(30)23(33-24)22(15)25(24,26)10-11-28(20)2/h4-7,13-14,19-20,30,32H,8-12H2,1-3H3/b7-5+/t19-,20-,24+,25+,26-/m1/s1. The van der Waals surface area contributed by atoms with Gasteiger partial charge in [-0.1, -0.05) is 6.07 Å². The average molecular weight is 545 g/mol. The monoisotopic (exact) mass is 544 g/mol. The molecule has 180 valence electrons. The molecule has 2 aromatic rings. The summed E-state index contributed by atoms with van der Waals surface area (Å²) < 4.78 is 7.69. The minimum absolute atomic E-state index is 0.0219. The number of ether oxygens (including phenoxy) is 1. The summed E-state index contributed by atoms with van der Waals surface area (Å²) in [6.07, 6.45) is 6.12. The number of phenolic OH excluding ortho intramolecular Hbond substituents is 1. The quantitative estimate of drug-likeness (QED) is 0.572. The van der Waals surface area contributed by atoms with Gasteiger partial charge in [-0.3, -0.25) is 4.79 Å². The molecule has 6 nitrogen and oxygen atoms in total. The van der Waals surface area contributed by atoms with E-state index in [1.165, 1.54) is 0 Å². The van der Waals surface area contributed by atoms with Gasteiger partial charge in [0, 0.05) is 39.5 Å². The minimum Gasteiger partial charge on any atom is -0.504 e. The SMILES string of the molecule is CN1CC[C@]23c4c5ccc(O)c4O[C@@]2(C)[C@H](N(C)C(=O)/C=C/c2cc(Br)cs2)CC[C@@]3(O)[C@H]1C5. The maximum absolute atomic E-state index is 13.3. The van der Waals surface area contributed by atoms with E-state index in [0.29, 0.717) is 25.0 Å². The molecule has 1 aromatic carbocycles. The first-order valence-corrected chi connectivity index (χ1v) is 13.5. The molecule has 1 amide bonds. The number of carbonyl (C=O) groups excluding carboxylic acids is 1. The van der Waals surface area contributed by atoms with E-state index in [1.54, 1.807) is 28.4 Å². The fraction of sp³-hybridized carbons (Fsp3) is 0.500. The van der Waals surface area contributed by atoms with E-state index in [2.05, 4.69) is 27.9 Å². The van der Waals surface area contributed by atoms with Crippen LogP contribution >= 0.6 is 27.3 Å². The predicted molar refractivity (Wildman–Crippen MR) is 135 cm³/mol. The molecule has 2 fully saturated rings. The summed E-state index contributed by atoms with van der Waals surface area (Å²) in [7, 11) is 3.92. The molecule has 4 aliphatic rings. The molecule has 1 saturated carbocycles. The third-order valence-corrected chi connectivity index (χ3v) is 10.8. The Balaban J connectivity index is 1.44. The van der Waals surface area contributed by atoms with Crippen LogP contribution in [0.5, 0.6) is 11.5 Å². The van der Waals surface area contributed by atoms with Crippen molar-refractivity contribution in [3.8, 4) is 11.5 Å². The zero-order valence-electron chi connectivity index (χ0n) is 19.5. The van der Waals surface area contributed by atoms with Crippen molar-refractivity contribution >= 4 is 39.2 Å². The van der Waals surface area contributed by atoms with Crippen molar-refractivity contribution in [2.24, 2.45) is 0 Å². The second-order valence-electron chi connectivity index (χ2n) is 10.4. The number of halogens is 1. The number of nitrogens with zero attached hydrogens (tertiary/aromatic N) is 2. The van der Waals surface area contributed by atoms with E-state index >= 15 is 0 Å². The Morgan fingerprint density at radius 3 is 2.91 bits per heavy atom. The van der Waals surface area contributed by atoms with Crippen LogP contribution in [-0.2, 0) is 16.6 Å². The Morgan fingerprint density at radius 1 is 1.38 bits per heavy atom. The zero-order valence-corrected chi connectivity index (χ0v) is 21.9. The van der Waals surface area contributed by atoms with Crippen LogP contribution in [0.1, 0.15) is 42.2 Å². The molecule has 5 atom stereocenters. The fourth-order valence-corrected chi connectivity index (χ4v) is 8.92. The molecule has 2 aliphatic carbocycles. The Kier molecular flexibility index (Phi) is 4.86. The number of likely N-dealkylation sites (tertiary alicyclic amines) is 1. The third-order valence-electron chi connectivity index (χ3n) is 9.11. The lowest BCUT2D eigenvalue weighted by Crippen LogP contribution is -2.81. The van der Waals surface area contributed by atoms with Gasteiger partial charge in [-0.05, 0) is 85.9 Å². The Labute approximate surface area is 212 Å². The topological polar surface area (TPSA) is 73.2 Å². The smallest absolute Gasteiger partial charge is 0.246 e. The summed E-state index contributed by atoms with van der Waals surface area (Å²) in [4.78, 5) is 18.4. The summed E-state index contributed by atoms with van der Waals surface area (Å²) in [5.41, 5.74) is -0.430. The van der Waals surface area contributed by atoms with E-state index < -0.39 is 16.6 Å². The number of aromatic hydroxyl groups is 1. The Hall–Kier alpha value is -1.87. The van der Waals surface area contributed by atoms with Crippen LogP contribution in [0.2, 0.25) is 0 Å². The number of likely N-dealkylation sites (N-methyl/N-ethyl adjacent to an activating group) is 2. The average Bonchev–Trinajstić information content (AvgIpc) is 3.33. The van der Waals surface area contributed by atoms with E-state index in [0.717, 1.165) is 33.4 Å². The lowest BCUT2D eigenvalue weighted by molar-refractivity contribution is -0.226. The Morgan fingerprint density at radius 2 is 2.18 bits per heavy atom. The normalized spacial score (nSPS) is 35.8. The highest BCUT2D eigenvalue weighted by atomic mass is 79.9.